The quantitative estimate of drug-likeness (QED) is 0.309. The number of imide groups is 1. The molecule has 1 aliphatic heterocycles. The first-order chi connectivity index (χ1) is 11.0. The zero-order valence-electron chi connectivity index (χ0n) is 14.7. The standard InChI is InChI=1S/C16H29NO5Si/c1-5-20-23(21-6-2,22-7-3)13-9-8-10-14(4)17-15(18)11-12-16(17)19/h11-12,14H,5-10,13H2,1-4H3. The summed E-state index contributed by atoms with van der Waals surface area (Å²) in [5, 5.41) is 0. The molecule has 7 heteroatoms. The van der Waals surface area contributed by atoms with Gasteiger partial charge in [-0.25, -0.2) is 0 Å². The number of rotatable bonds is 12. The van der Waals surface area contributed by atoms with Crippen LogP contribution < -0.4 is 0 Å². The van der Waals surface area contributed by atoms with Gasteiger partial charge < -0.3 is 13.3 Å². The minimum Gasteiger partial charge on any atom is -0.374 e. The Bertz CT molecular complexity index is 392. The first-order valence-corrected chi connectivity index (χ1v) is 10.4. The summed E-state index contributed by atoms with van der Waals surface area (Å²) in [5.74, 6) is -0.437. The van der Waals surface area contributed by atoms with E-state index in [1.54, 1.807) is 0 Å². The van der Waals surface area contributed by atoms with Crippen LogP contribution in [-0.2, 0) is 22.9 Å². The number of unbranched alkanes of at least 4 members (excludes halogenated alkanes) is 1. The van der Waals surface area contributed by atoms with Gasteiger partial charge in [0.25, 0.3) is 11.8 Å². The fourth-order valence-corrected chi connectivity index (χ4v) is 5.44. The molecule has 0 aromatic rings. The average Bonchev–Trinajstić information content (AvgIpc) is 2.83. The highest BCUT2D eigenvalue weighted by Gasteiger charge is 2.39. The van der Waals surface area contributed by atoms with Gasteiger partial charge in [0.1, 0.15) is 0 Å². The van der Waals surface area contributed by atoms with E-state index >= 15 is 0 Å². The highest BCUT2D eigenvalue weighted by molar-refractivity contribution is 6.60. The van der Waals surface area contributed by atoms with E-state index in [2.05, 4.69) is 0 Å². The molecule has 1 heterocycles. The van der Waals surface area contributed by atoms with Crippen LogP contribution in [0.3, 0.4) is 0 Å². The first-order valence-electron chi connectivity index (χ1n) is 8.46. The maximum absolute atomic E-state index is 11.6. The van der Waals surface area contributed by atoms with E-state index in [9.17, 15) is 9.59 Å². The lowest BCUT2D eigenvalue weighted by atomic mass is 10.1. The largest absolute Gasteiger partial charge is 0.500 e. The molecule has 6 nitrogen and oxygen atoms in total. The zero-order valence-corrected chi connectivity index (χ0v) is 15.7. The Balaban J connectivity index is 2.43. The molecule has 1 aliphatic rings. The summed E-state index contributed by atoms with van der Waals surface area (Å²) in [5.41, 5.74) is 0. The Labute approximate surface area is 140 Å². The lowest BCUT2D eigenvalue weighted by Crippen LogP contribution is -2.46. The summed E-state index contributed by atoms with van der Waals surface area (Å²) < 4.78 is 17.5. The summed E-state index contributed by atoms with van der Waals surface area (Å²) in [7, 11) is -2.59. The Morgan fingerprint density at radius 3 is 1.87 bits per heavy atom. The van der Waals surface area contributed by atoms with Crippen molar-refractivity contribution in [1.29, 1.82) is 0 Å². The maximum atomic E-state index is 11.6. The van der Waals surface area contributed by atoms with E-state index in [1.807, 2.05) is 27.7 Å². The van der Waals surface area contributed by atoms with E-state index in [-0.39, 0.29) is 17.9 Å². The molecule has 23 heavy (non-hydrogen) atoms. The maximum Gasteiger partial charge on any atom is 0.500 e. The molecule has 0 radical (unpaired) electrons. The highest BCUT2D eigenvalue weighted by atomic mass is 28.4. The third-order valence-electron chi connectivity index (χ3n) is 3.73. The molecule has 0 aromatic carbocycles. The number of hydrogen-bond acceptors (Lipinski definition) is 5. The zero-order chi connectivity index (χ0) is 17.3. The van der Waals surface area contributed by atoms with Crippen molar-refractivity contribution in [3.05, 3.63) is 12.2 Å². The molecular formula is C16H29NO5Si. The summed E-state index contributed by atoms with van der Waals surface area (Å²) in [6.45, 7) is 9.46. The summed E-state index contributed by atoms with van der Waals surface area (Å²) in [6, 6.07) is 0.669. The predicted octanol–water partition coefficient (Wildman–Crippen LogP) is 2.52. The number of hydrogen-bond donors (Lipinski definition) is 0. The second-order valence-corrected chi connectivity index (χ2v) is 8.19. The van der Waals surface area contributed by atoms with E-state index in [4.69, 9.17) is 13.3 Å². The molecule has 0 spiro atoms. The summed E-state index contributed by atoms with van der Waals surface area (Å²) in [4.78, 5) is 24.6. The molecule has 1 unspecified atom stereocenters. The number of carbonyl (C=O) groups excluding carboxylic acids is 2. The first kappa shape index (κ1) is 20.0. The van der Waals surface area contributed by atoms with Gasteiger partial charge in [0.2, 0.25) is 0 Å². The van der Waals surface area contributed by atoms with Gasteiger partial charge in [-0.1, -0.05) is 6.42 Å². The molecule has 0 aliphatic carbocycles. The van der Waals surface area contributed by atoms with E-state index < -0.39 is 8.80 Å². The highest BCUT2D eigenvalue weighted by Crippen LogP contribution is 2.21. The van der Waals surface area contributed by atoms with Crippen molar-refractivity contribution < 1.29 is 22.9 Å². The van der Waals surface area contributed by atoms with E-state index in [0.717, 1.165) is 25.3 Å². The SMILES string of the molecule is CCO[Si](CCCCC(C)N1C(=O)C=CC1=O)(OCC)OCC. The van der Waals surface area contributed by atoms with Crippen LogP contribution in [0.4, 0.5) is 0 Å². The minimum atomic E-state index is -2.59. The topological polar surface area (TPSA) is 65.1 Å². The fourth-order valence-electron chi connectivity index (χ4n) is 2.76. The van der Waals surface area contributed by atoms with Crippen LogP contribution in [0.1, 0.15) is 47.0 Å². The van der Waals surface area contributed by atoms with Gasteiger partial charge in [-0.2, -0.15) is 0 Å². The second kappa shape index (κ2) is 9.97. The number of carbonyl (C=O) groups is 2. The third-order valence-corrected chi connectivity index (χ3v) is 6.88. The molecule has 1 rings (SSSR count). The van der Waals surface area contributed by atoms with Crippen molar-refractivity contribution >= 4 is 20.6 Å². The van der Waals surface area contributed by atoms with Crippen LogP contribution in [0, 0.1) is 0 Å². The van der Waals surface area contributed by atoms with Crippen LogP contribution in [0.25, 0.3) is 0 Å². The smallest absolute Gasteiger partial charge is 0.374 e. The van der Waals surface area contributed by atoms with Gasteiger partial charge in [0.05, 0.1) is 0 Å². The van der Waals surface area contributed by atoms with Gasteiger partial charge in [0.15, 0.2) is 0 Å². The molecule has 0 bridgehead atoms. The van der Waals surface area contributed by atoms with Crippen LogP contribution in [0.15, 0.2) is 12.2 Å². The number of amides is 2. The molecule has 0 aromatic heterocycles. The Morgan fingerprint density at radius 2 is 1.43 bits per heavy atom. The monoisotopic (exact) mass is 343 g/mol. The van der Waals surface area contributed by atoms with Crippen molar-refractivity contribution in [2.75, 3.05) is 19.8 Å². The average molecular weight is 343 g/mol. The van der Waals surface area contributed by atoms with Crippen molar-refractivity contribution in [2.45, 2.75) is 59.0 Å². The van der Waals surface area contributed by atoms with Gasteiger partial charge in [0, 0.05) is 44.1 Å². The van der Waals surface area contributed by atoms with Gasteiger partial charge in [-0.3, -0.25) is 14.5 Å². The molecule has 132 valence electrons. The van der Waals surface area contributed by atoms with Crippen molar-refractivity contribution in [1.82, 2.24) is 4.90 Å². The van der Waals surface area contributed by atoms with Crippen LogP contribution in [0.2, 0.25) is 6.04 Å². The molecule has 0 saturated carbocycles. The molecular weight excluding hydrogens is 314 g/mol. The summed E-state index contributed by atoms with van der Waals surface area (Å²) in [6.07, 6.45) is 5.21. The Morgan fingerprint density at radius 1 is 0.957 bits per heavy atom. The van der Waals surface area contributed by atoms with E-state index in [1.165, 1.54) is 17.1 Å². The minimum absolute atomic E-state index is 0.0904. The summed E-state index contributed by atoms with van der Waals surface area (Å²) >= 11 is 0. The van der Waals surface area contributed by atoms with Gasteiger partial charge in [-0.15, -0.1) is 0 Å². The van der Waals surface area contributed by atoms with Crippen molar-refractivity contribution in [3.8, 4) is 0 Å². The van der Waals surface area contributed by atoms with Crippen LogP contribution >= 0.6 is 0 Å². The van der Waals surface area contributed by atoms with Gasteiger partial charge in [-0.05, 0) is 40.5 Å². The molecule has 2 amide bonds. The van der Waals surface area contributed by atoms with Crippen molar-refractivity contribution in [2.24, 2.45) is 0 Å². The second-order valence-electron chi connectivity index (χ2n) is 5.46. The number of nitrogens with zero attached hydrogens (tertiary/aromatic N) is 1. The normalized spacial score (nSPS) is 16.4. The molecule has 0 N–H and O–H groups in total. The van der Waals surface area contributed by atoms with E-state index in [0.29, 0.717) is 19.8 Å². The van der Waals surface area contributed by atoms with Crippen LogP contribution in [0.5, 0.6) is 0 Å². The fraction of sp³-hybridized carbons (Fsp3) is 0.750. The molecule has 1 atom stereocenters. The molecule has 0 fully saturated rings. The Hall–Kier alpha value is -1.02. The third kappa shape index (κ3) is 5.84. The lowest BCUT2D eigenvalue weighted by Gasteiger charge is -2.29. The van der Waals surface area contributed by atoms with Crippen molar-refractivity contribution in [3.63, 3.8) is 0 Å². The predicted molar refractivity (Wildman–Crippen MR) is 89.7 cm³/mol. The molecule has 0 saturated heterocycles. The van der Waals surface area contributed by atoms with Crippen LogP contribution in [-0.4, -0.2) is 51.4 Å². The Kier molecular flexibility index (Phi) is 8.68. The van der Waals surface area contributed by atoms with Gasteiger partial charge >= 0.3 is 8.80 Å². The lowest BCUT2D eigenvalue weighted by molar-refractivity contribution is -0.139.